The Hall–Kier alpha value is -2.43. The lowest BCUT2D eigenvalue weighted by Gasteiger charge is -2.34. The van der Waals surface area contributed by atoms with Gasteiger partial charge in [0, 0.05) is 50.9 Å². The molecule has 27 heavy (non-hydrogen) atoms. The number of nitrogens with zero attached hydrogens (tertiary/aromatic N) is 3. The summed E-state index contributed by atoms with van der Waals surface area (Å²) in [5.74, 6) is 0.890. The van der Waals surface area contributed by atoms with Crippen LogP contribution in [0.15, 0.2) is 66.9 Å². The Morgan fingerprint density at radius 1 is 0.815 bits per heavy atom. The highest BCUT2D eigenvalue weighted by Gasteiger charge is 2.16. The minimum Gasteiger partial charge on any atom is -0.491 e. The highest BCUT2D eigenvalue weighted by Crippen LogP contribution is 2.23. The van der Waals surface area contributed by atoms with Crippen molar-refractivity contribution in [3.05, 3.63) is 72.4 Å². The number of fused-ring (bicyclic) bond motifs is 1. The van der Waals surface area contributed by atoms with Crippen molar-refractivity contribution in [2.24, 2.45) is 0 Å². The predicted molar refractivity (Wildman–Crippen MR) is 110 cm³/mol. The van der Waals surface area contributed by atoms with Crippen LogP contribution in [0.2, 0.25) is 0 Å². The number of benzene rings is 2. The van der Waals surface area contributed by atoms with Crippen molar-refractivity contribution in [2.75, 3.05) is 39.3 Å². The van der Waals surface area contributed by atoms with Gasteiger partial charge in [-0.05, 0) is 24.1 Å². The summed E-state index contributed by atoms with van der Waals surface area (Å²) in [6.07, 6.45) is 2.87. The lowest BCUT2D eigenvalue weighted by Crippen LogP contribution is -2.46. The van der Waals surface area contributed by atoms with E-state index in [1.54, 1.807) is 0 Å². The fourth-order valence-electron chi connectivity index (χ4n) is 3.68. The van der Waals surface area contributed by atoms with Crippen LogP contribution in [0.1, 0.15) is 12.0 Å². The maximum Gasteiger partial charge on any atom is 0.145 e. The summed E-state index contributed by atoms with van der Waals surface area (Å²) in [5.41, 5.74) is 2.36. The molecule has 0 N–H and O–H groups in total. The Morgan fingerprint density at radius 3 is 2.44 bits per heavy atom. The minimum atomic E-state index is 0.736. The molecule has 0 saturated carbocycles. The van der Waals surface area contributed by atoms with Gasteiger partial charge in [-0.25, -0.2) is 0 Å². The van der Waals surface area contributed by atoms with Crippen LogP contribution in [0.4, 0.5) is 0 Å². The second-order valence-electron chi connectivity index (χ2n) is 7.14. The zero-order valence-electron chi connectivity index (χ0n) is 15.8. The van der Waals surface area contributed by atoms with E-state index >= 15 is 0 Å². The third-order valence-electron chi connectivity index (χ3n) is 5.19. The van der Waals surface area contributed by atoms with Crippen LogP contribution < -0.4 is 4.74 Å². The van der Waals surface area contributed by atoms with Crippen LogP contribution >= 0.6 is 0 Å². The summed E-state index contributed by atoms with van der Waals surface area (Å²) < 4.78 is 6.01. The fraction of sp³-hybridized carbons (Fsp3) is 0.348. The molecule has 0 bridgehead atoms. The van der Waals surface area contributed by atoms with Crippen molar-refractivity contribution in [3.8, 4) is 5.75 Å². The van der Waals surface area contributed by atoms with Gasteiger partial charge in [0.15, 0.2) is 0 Å². The van der Waals surface area contributed by atoms with Gasteiger partial charge in [-0.15, -0.1) is 0 Å². The van der Waals surface area contributed by atoms with Crippen LogP contribution in [0.5, 0.6) is 5.75 Å². The zero-order valence-corrected chi connectivity index (χ0v) is 15.8. The summed E-state index contributed by atoms with van der Waals surface area (Å²) in [5, 5.41) is 1.13. The van der Waals surface area contributed by atoms with Crippen LogP contribution in [-0.4, -0.2) is 54.1 Å². The average Bonchev–Trinajstić information content (AvgIpc) is 2.73. The fourth-order valence-corrected chi connectivity index (χ4v) is 3.68. The Morgan fingerprint density at radius 2 is 1.59 bits per heavy atom. The number of ether oxygens (including phenoxy) is 1. The van der Waals surface area contributed by atoms with Gasteiger partial charge in [0.1, 0.15) is 11.3 Å². The summed E-state index contributed by atoms with van der Waals surface area (Å²) in [7, 11) is 0. The van der Waals surface area contributed by atoms with E-state index in [-0.39, 0.29) is 0 Å². The van der Waals surface area contributed by atoms with Gasteiger partial charge >= 0.3 is 0 Å². The summed E-state index contributed by atoms with van der Waals surface area (Å²) in [6, 6.07) is 20.9. The first-order chi connectivity index (χ1) is 13.4. The van der Waals surface area contributed by atoms with E-state index in [9.17, 15) is 0 Å². The molecule has 0 aliphatic carbocycles. The van der Waals surface area contributed by atoms with Gasteiger partial charge < -0.3 is 9.64 Å². The van der Waals surface area contributed by atoms with Crippen LogP contribution in [0.3, 0.4) is 0 Å². The number of hydrogen-bond acceptors (Lipinski definition) is 4. The average molecular weight is 361 g/mol. The third kappa shape index (κ3) is 4.85. The Kier molecular flexibility index (Phi) is 5.97. The van der Waals surface area contributed by atoms with Gasteiger partial charge in [0.05, 0.1) is 6.61 Å². The SMILES string of the molecule is c1ccc(CN2CCN(CCCOc3cccc4cccnc34)CC2)cc1. The summed E-state index contributed by atoms with van der Waals surface area (Å²) in [6.45, 7) is 7.46. The number of piperazine rings is 1. The lowest BCUT2D eigenvalue weighted by atomic mass is 10.2. The lowest BCUT2D eigenvalue weighted by molar-refractivity contribution is 0.121. The molecule has 1 saturated heterocycles. The summed E-state index contributed by atoms with van der Waals surface area (Å²) >= 11 is 0. The number of aromatic nitrogens is 1. The van der Waals surface area contributed by atoms with Gasteiger partial charge in [-0.2, -0.15) is 0 Å². The monoisotopic (exact) mass is 361 g/mol. The van der Waals surface area contributed by atoms with Crippen molar-refractivity contribution in [1.82, 2.24) is 14.8 Å². The van der Waals surface area contributed by atoms with Gasteiger partial charge in [-0.3, -0.25) is 9.88 Å². The maximum absolute atomic E-state index is 6.01. The van der Waals surface area contributed by atoms with Crippen LogP contribution in [0.25, 0.3) is 10.9 Å². The molecule has 4 heteroatoms. The first kappa shape index (κ1) is 18.0. The molecule has 2 heterocycles. The van der Waals surface area contributed by atoms with E-state index in [2.05, 4.69) is 57.2 Å². The molecule has 4 rings (SSSR count). The van der Waals surface area contributed by atoms with Gasteiger partial charge in [0.25, 0.3) is 0 Å². The predicted octanol–water partition coefficient (Wildman–Crippen LogP) is 3.82. The quantitative estimate of drug-likeness (QED) is 0.598. The highest BCUT2D eigenvalue weighted by molar-refractivity contribution is 5.84. The van der Waals surface area contributed by atoms with Gasteiger partial charge in [-0.1, -0.05) is 48.5 Å². The highest BCUT2D eigenvalue weighted by atomic mass is 16.5. The van der Waals surface area contributed by atoms with E-state index in [0.29, 0.717) is 0 Å². The molecule has 4 nitrogen and oxygen atoms in total. The zero-order chi connectivity index (χ0) is 18.3. The molecular weight excluding hydrogens is 334 g/mol. The van der Waals surface area contributed by atoms with Crippen molar-refractivity contribution in [2.45, 2.75) is 13.0 Å². The standard InChI is InChI=1S/C23H27N3O/c1-2-7-20(8-3-1)19-26-16-14-25(15-17-26)13-6-18-27-22-11-4-9-21-10-5-12-24-23(21)22/h1-5,7-12H,6,13-19H2. The molecule has 0 unspecified atom stereocenters. The molecule has 1 aliphatic heterocycles. The van der Waals surface area contributed by atoms with E-state index in [1.807, 2.05) is 24.4 Å². The van der Waals surface area contributed by atoms with E-state index in [1.165, 1.54) is 5.56 Å². The van der Waals surface area contributed by atoms with E-state index < -0.39 is 0 Å². The number of pyridine rings is 1. The molecule has 0 spiro atoms. The molecule has 1 aliphatic rings. The molecule has 1 fully saturated rings. The molecule has 0 radical (unpaired) electrons. The molecule has 3 aromatic rings. The normalized spacial score (nSPS) is 15.9. The van der Waals surface area contributed by atoms with Gasteiger partial charge in [0.2, 0.25) is 0 Å². The van der Waals surface area contributed by atoms with E-state index in [4.69, 9.17) is 4.74 Å². The first-order valence-corrected chi connectivity index (χ1v) is 9.84. The number of rotatable bonds is 7. The molecular formula is C23H27N3O. The second-order valence-corrected chi connectivity index (χ2v) is 7.14. The Bertz CT molecular complexity index is 839. The van der Waals surface area contributed by atoms with Crippen LogP contribution in [-0.2, 0) is 6.54 Å². The number of hydrogen-bond donors (Lipinski definition) is 0. The third-order valence-corrected chi connectivity index (χ3v) is 5.19. The maximum atomic E-state index is 6.01. The first-order valence-electron chi connectivity index (χ1n) is 9.84. The largest absolute Gasteiger partial charge is 0.491 e. The number of para-hydroxylation sites is 1. The van der Waals surface area contributed by atoms with Crippen molar-refractivity contribution >= 4 is 10.9 Å². The minimum absolute atomic E-state index is 0.736. The van der Waals surface area contributed by atoms with Crippen molar-refractivity contribution in [1.29, 1.82) is 0 Å². The Balaban J connectivity index is 1.18. The topological polar surface area (TPSA) is 28.6 Å². The summed E-state index contributed by atoms with van der Waals surface area (Å²) in [4.78, 5) is 9.55. The molecule has 1 aromatic heterocycles. The molecule has 0 atom stereocenters. The molecule has 0 amide bonds. The van der Waals surface area contributed by atoms with E-state index in [0.717, 1.165) is 68.9 Å². The molecule has 2 aromatic carbocycles. The van der Waals surface area contributed by atoms with Crippen molar-refractivity contribution < 1.29 is 4.74 Å². The Labute approximate surface area is 161 Å². The van der Waals surface area contributed by atoms with Crippen LogP contribution in [0, 0.1) is 0 Å². The smallest absolute Gasteiger partial charge is 0.145 e. The second kappa shape index (κ2) is 8.98. The van der Waals surface area contributed by atoms with Crippen molar-refractivity contribution in [3.63, 3.8) is 0 Å². The molecule has 140 valence electrons.